The zero-order chi connectivity index (χ0) is 19.7. The number of hydrogen-bond acceptors (Lipinski definition) is 5. The van der Waals surface area contributed by atoms with E-state index in [-0.39, 0.29) is 29.0 Å². The molecule has 4 rings (SSSR count). The summed E-state index contributed by atoms with van der Waals surface area (Å²) in [4.78, 5) is 41.9. The van der Waals surface area contributed by atoms with Crippen molar-refractivity contribution in [1.82, 2.24) is 19.6 Å². The van der Waals surface area contributed by atoms with Crippen LogP contribution in [0.25, 0.3) is 10.8 Å². The number of fused-ring (bicyclic) bond motifs is 1. The lowest BCUT2D eigenvalue weighted by molar-refractivity contribution is -0.141. The van der Waals surface area contributed by atoms with Gasteiger partial charge in [0.05, 0.1) is 24.5 Å². The number of nitrogens with zero attached hydrogens (tertiary/aromatic N) is 4. The molecule has 3 heterocycles. The van der Waals surface area contributed by atoms with Gasteiger partial charge in [0, 0.05) is 38.6 Å². The van der Waals surface area contributed by atoms with Crippen LogP contribution < -0.4 is 5.56 Å². The highest BCUT2D eigenvalue weighted by molar-refractivity contribution is 6.05. The molecule has 0 saturated carbocycles. The summed E-state index contributed by atoms with van der Waals surface area (Å²) in [5, 5.41) is 5.26. The van der Waals surface area contributed by atoms with Crippen LogP contribution in [0, 0.1) is 5.92 Å². The Labute approximate surface area is 162 Å². The smallest absolute Gasteiger partial charge is 0.274 e. The Morgan fingerprint density at radius 2 is 1.79 bits per heavy atom. The van der Waals surface area contributed by atoms with Crippen LogP contribution in [0.15, 0.2) is 29.1 Å². The summed E-state index contributed by atoms with van der Waals surface area (Å²) in [7, 11) is 1.55. The van der Waals surface area contributed by atoms with E-state index in [1.54, 1.807) is 36.2 Å². The first-order chi connectivity index (χ1) is 13.6. The summed E-state index contributed by atoms with van der Waals surface area (Å²) in [6, 6.07) is 7.02. The standard InChI is InChI=1S/C20H24N4O4/c1-22-19(26)16-7-3-2-6-15(16)17(21-22)20(27)24-8-4-5-14(13-24)18(25)23-9-11-28-12-10-23/h2-3,6-7,14H,4-5,8-13H2,1H3/t14-/m0/s1. The maximum Gasteiger partial charge on any atom is 0.274 e. The molecule has 1 aromatic carbocycles. The number of hydrogen-bond donors (Lipinski definition) is 0. The van der Waals surface area contributed by atoms with Crippen LogP contribution in [0.5, 0.6) is 0 Å². The molecular weight excluding hydrogens is 360 g/mol. The molecule has 8 heteroatoms. The van der Waals surface area contributed by atoms with Crippen LogP contribution in [0.4, 0.5) is 0 Å². The predicted octanol–water partition coefficient (Wildman–Crippen LogP) is 0.645. The first kappa shape index (κ1) is 18.6. The number of piperidine rings is 1. The van der Waals surface area contributed by atoms with Crippen molar-refractivity contribution in [2.45, 2.75) is 12.8 Å². The third-order valence-corrected chi connectivity index (χ3v) is 5.54. The van der Waals surface area contributed by atoms with Crippen molar-refractivity contribution in [1.29, 1.82) is 0 Å². The average Bonchev–Trinajstić information content (AvgIpc) is 2.76. The van der Waals surface area contributed by atoms with Crippen LogP contribution in [-0.2, 0) is 16.6 Å². The summed E-state index contributed by atoms with van der Waals surface area (Å²) in [6.07, 6.45) is 1.55. The van der Waals surface area contributed by atoms with Crippen LogP contribution >= 0.6 is 0 Å². The summed E-state index contributed by atoms with van der Waals surface area (Å²) >= 11 is 0. The molecule has 2 amide bonds. The van der Waals surface area contributed by atoms with E-state index in [1.165, 1.54) is 4.68 Å². The topological polar surface area (TPSA) is 84.7 Å². The highest BCUT2D eigenvalue weighted by Crippen LogP contribution is 2.22. The van der Waals surface area contributed by atoms with Crippen LogP contribution in [0.1, 0.15) is 23.3 Å². The molecule has 28 heavy (non-hydrogen) atoms. The molecule has 8 nitrogen and oxygen atoms in total. The van der Waals surface area contributed by atoms with Gasteiger partial charge in [-0.3, -0.25) is 14.4 Å². The van der Waals surface area contributed by atoms with Gasteiger partial charge in [-0.15, -0.1) is 0 Å². The second-order valence-corrected chi connectivity index (χ2v) is 7.35. The number of rotatable bonds is 2. The number of ether oxygens (including phenoxy) is 1. The first-order valence-electron chi connectivity index (χ1n) is 9.68. The van der Waals surface area contributed by atoms with Crippen molar-refractivity contribution in [2.75, 3.05) is 39.4 Å². The summed E-state index contributed by atoms with van der Waals surface area (Å²) < 4.78 is 6.53. The maximum absolute atomic E-state index is 13.2. The minimum atomic E-state index is -0.230. The number of likely N-dealkylation sites (tertiary alicyclic amines) is 1. The number of aryl methyl sites for hydroxylation is 1. The van der Waals surface area contributed by atoms with Gasteiger partial charge in [0.25, 0.3) is 11.5 Å². The van der Waals surface area contributed by atoms with E-state index in [2.05, 4.69) is 5.10 Å². The molecule has 1 aromatic heterocycles. The zero-order valence-electron chi connectivity index (χ0n) is 16.0. The molecule has 0 spiro atoms. The van der Waals surface area contributed by atoms with E-state index in [9.17, 15) is 14.4 Å². The Bertz CT molecular complexity index is 964. The van der Waals surface area contributed by atoms with Gasteiger partial charge in [0.15, 0.2) is 5.69 Å². The van der Waals surface area contributed by atoms with Gasteiger partial charge >= 0.3 is 0 Å². The lowest BCUT2D eigenvalue weighted by Gasteiger charge is -2.36. The molecular formula is C20H24N4O4. The van der Waals surface area contributed by atoms with Gasteiger partial charge in [-0.1, -0.05) is 18.2 Å². The van der Waals surface area contributed by atoms with E-state index < -0.39 is 0 Å². The third-order valence-electron chi connectivity index (χ3n) is 5.54. The van der Waals surface area contributed by atoms with Crippen LogP contribution in [0.2, 0.25) is 0 Å². The van der Waals surface area contributed by atoms with Gasteiger partial charge in [-0.25, -0.2) is 4.68 Å². The molecule has 148 valence electrons. The fourth-order valence-corrected chi connectivity index (χ4v) is 4.01. The molecule has 2 aromatic rings. The Kier molecular flexibility index (Phi) is 5.13. The molecule has 0 radical (unpaired) electrons. The van der Waals surface area contributed by atoms with E-state index in [4.69, 9.17) is 4.74 Å². The second-order valence-electron chi connectivity index (χ2n) is 7.35. The number of morpholine rings is 1. The number of carbonyl (C=O) groups is 2. The Morgan fingerprint density at radius 1 is 1.07 bits per heavy atom. The van der Waals surface area contributed by atoms with Gasteiger partial charge < -0.3 is 14.5 Å². The maximum atomic E-state index is 13.2. The molecule has 0 N–H and O–H groups in total. The predicted molar refractivity (Wildman–Crippen MR) is 103 cm³/mol. The number of benzene rings is 1. The van der Waals surface area contributed by atoms with Crippen molar-refractivity contribution in [3.63, 3.8) is 0 Å². The SMILES string of the molecule is Cn1nc(C(=O)N2CCC[C@H](C(=O)N3CCOCC3)C2)c2ccccc2c1=O. The lowest BCUT2D eigenvalue weighted by Crippen LogP contribution is -2.49. The summed E-state index contributed by atoms with van der Waals surface area (Å²) in [6.45, 7) is 3.31. The van der Waals surface area contributed by atoms with Gasteiger partial charge in [0.2, 0.25) is 5.91 Å². The molecule has 0 aliphatic carbocycles. The molecule has 1 atom stereocenters. The molecule has 0 bridgehead atoms. The molecule has 2 aliphatic heterocycles. The largest absolute Gasteiger partial charge is 0.378 e. The average molecular weight is 384 g/mol. The van der Waals surface area contributed by atoms with Crippen molar-refractivity contribution in [3.05, 3.63) is 40.3 Å². The number of carbonyl (C=O) groups excluding carboxylic acids is 2. The molecule has 2 fully saturated rings. The first-order valence-corrected chi connectivity index (χ1v) is 9.68. The molecule has 0 unspecified atom stereocenters. The minimum absolute atomic E-state index is 0.0964. The van der Waals surface area contributed by atoms with Crippen molar-refractivity contribution in [2.24, 2.45) is 13.0 Å². The van der Waals surface area contributed by atoms with E-state index in [1.807, 2.05) is 4.90 Å². The Morgan fingerprint density at radius 3 is 2.54 bits per heavy atom. The Balaban J connectivity index is 1.58. The summed E-state index contributed by atoms with van der Waals surface area (Å²) in [5.41, 5.74) is 0.0309. The van der Waals surface area contributed by atoms with Gasteiger partial charge in [-0.2, -0.15) is 5.10 Å². The molecule has 2 saturated heterocycles. The zero-order valence-corrected chi connectivity index (χ0v) is 16.0. The van der Waals surface area contributed by atoms with E-state index in [0.29, 0.717) is 50.2 Å². The Hall–Kier alpha value is -2.74. The highest BCUT2D eigenvalue weighted by Gasteiger charge is 2.33. The van der Waals surface area contributed by atoms with E-state index >= 15 is 0 Å². The van der Waals surface area contributed by atoms with E-state index in [0.717, 1.165) is 12.8 Å². The number of amides is 2. The molecule has 2 aliphatic rings. The normalized spacial score (nSPS) is 20.4. The van der Waals surface area contributed by atoms with Crippen LogP contribution in [-0.4, -0.2) is 70.8 Å². The lowest BCUT2D eigenvalue weighted by atomic mass is 9.95. The van der Waals surface area contributed by atoms with Crippen LogP contribution in [0.3, 0.4) is 0 Å². The van der Waals surface area contributed by atoms with Crippen molar-refractivity contribution >= 4 is 22.6 Å². The fourth-order valence-electron chi connectivity index (χ4n) is 4.01. The van der Waals surface area contributed by atoms with Gasteiger partial charge in [0.1, 0.15) is 0 Å². The second kappa shape index (κ2) is 7.71. The van der Waals surface area contributed by atoms with Crippen molar-refractivity contribution in [3.8, 4) is 0 Å². The monoisotopic (exact) mass is 384 g/mol. The quantitative estimate of drug-likeness (QED) is 0.759. The third kappa shape index (κ3) is 3.40. The fraction of sp³-hybridized carbons (Fsp3) is 0.500. The van der Waals surface area contributed by atoms with Gasteiger partial charge in [-0.05, 0) is 18.9 Å². The number of aromatic nitrogens is 2. The minimum Gasteiger partial charge on any atom is -0.378 e. The highest BCUT2D eigenvalue weighted by atomic mass is 16.5. The van der Waals surface area contributed by atoms with Crippen molar-refractivity contribution < 1.29 is 14.3 Å². The summed E-state index contributed by atoms with van der Waals surface area (Å²) in [5.74, 6) is -0.333.